The maximum Gasteiger partial charge on any atom is 0.269 e. The molecule has 0 radical (unpaired) electrons. The van der Waals surface area contributed by atoms with Gasteiger partial charge in [0.15, 0.2) is 0 Å². The summed E-state index contributed by atoms with van der Waals surface area (Å²) in [6.07, 6.45) is 2.84. The second-order valence-electron chi connectivity index (χ2n) is 4.52. The highest BCUT2D eigenvalue weighted by molar-refractivity contribution is 7.08. The molecule has 0 amide bonds. The minimum atomic E-state index is 0.331. The molecule has 3 aromatic rings. The van der Waals surface area contributed by atoms with Crippen molar-refractivity contribution in [2.75, 3.05) is 0 Å². The number of hydrogen-bond donors (Lipinski definition) is 0. The van der Waals surface area contributed by atoms with E-state index in [-0.39, 0.29) is 0 Å². The summed E-state index contributed by atoms with van der Waals surface area (Å²) in [5.74, 6) is 0.886. The zero-order chi connectivity index (χ0) is 14.7. The van der Waals surface area contributed by atoms with Crippen LogP contribution in [0.5, 0.6) is 0 Å². The van der Waals surface area contributed by atoms with Crippen LogP contribution in [0.2, 0.25) is 0 Å². The van der Waals surface area contributed by atoms with E-state index in [0.29, 0.717) is 16.7 Å². The lowest BCUT2D eigenvalue weighted by molar-refractivity contribution is 0.410. The first-order valence-corrected chi connectivity index (χ1v) is 7.91. The van der Waals surface area contributed by atoms with Crippen LogP contribution in [-0.4, -0.2) is 10.1 Å². The SMILES string of the molecule is CCc1ccc(C=C(Cl)c2nc(-c3ccsc3)no2)cc1. The Morgan fingerprint density at radius 3 is 2.76 bits per heavy atom. The summed E-state index contributed by atoms with van der Waals surface area (Å²) in [5.41, 5.74) is 3.24. The Kier molecular flexibility index (Phi) is 4.18. The van der Waals surface area contributed by atoms with E-state index in [1.54, 1.807) is 11.3 Å². The molecule has 5 heteroatoms. The van der Waals surface area contributed by atoms with Gasteiger partial charge < -0.3 is 4.52 Å². The fraction of sp³-hybridized carbons (Fsp3) is 0.125. The molecule has 0 saturated heterocycles. The van der Waals surface area contributed by atoms with Crippen molar-refractivity contribution in [1.29, 1.82) is 0 Å². The Balaban J connectivity index is 1.84. The molecule has 0 aliphatic carbocycles. The lowest BCUT2D eigenvalue weighted by atomic mass is 10.1. The molecular weight excluding hydrogens is 304 g/mol. The third kappa shape index (κ3) is 3.23. The maximum absolute atomic E-state index is 6.26. The van der Waals surface area contributed by atoms with E-state index in [1.165, 1.54) is 5.56 Å². The highest BCUT2D eigenvalue weighted by Crippen LogP contribution is 2.25. The fourth-order valence-electron chi connectivity index (χ4n) is 1.89. The van der Waals surface area contributed by atoms with Gasteiger partial charge in [-0.2, -0.15) is 16.3 Å². The molecule has 0 spiro atoms. The molecule has 1 aromatic carbocycles. The van der Waals surface area contributed by atoms with Crippen LogP contribution in [0.1, 0.15) is 23.9 Å². The molecule has 2 heterocycles. The topological polar surface area (TPSA) is 38.9 Å². The average Bonchev–Trinajstić information content (AvgIpc) is 3.19. The number of benzene rings is 1. The van der Waals surface area contributed by atoms with Crippen molar-refractivity contribution in [2.24, 2.45) is 0 Å². The summed E-state index contributed by atoms with van der Waals surface area (Å²) in [7, 11) is 0. The molecule has 0 aliphatic heterocycles. The Bertz CT molecular complexity index is 745. The summed E-state index contributed by atoms with van der Waals surface area (Å²) in [6.45, 7) is 2.13. The van der Waals surface area contributed by atoms with Gasteiger partial charge in [0.05, 0.1) is 0 Å². The summed E-state index contributed by atoms with van der Waals surface area (Å²) in [4.78, 5) is 4.31. The molecule has 0 unspecified atom stereocenters. The van der Waals surface area contributed by atoms with Gasteiger partial charge in [-0.3, -0.25) is 0 Å². The van der Waals surface area contributed by atoms with Crippen molar-refractivity contribution < 1.29 is 4.52 Å². The van der Waals surface area contributed by atoms with Crippen LogP contribution in [-0.2, 0) is 6.42 Å². The molecular formula is C16H13ClN2OS. The van der Waals surface area contributed by atoms with E-state index in [2.05, 4.69) is 29.2 Å². The van der Waals surface area contributed by atoms with Gasteiger partial charge in [-0.25, -0.2) is 0 Å². The number of thiophene rings is 1. The first kappa shape index (κ1) is 14.0. The van der Waals surface area contributed by atoms with Crippen molar-refractivity contribution in [1.82, 2.24) is 10.1 Å². The van der Waals surface area contributed by atoms with Gasteiger partial charge in [0.1, 0.15) is 5.03 Å². The minimum absolute atomic E-state index is 0.331. The number of nitrogens with zero attached hydrogens (tertiary/aromatic N) is 2. The number of hydrogen-bond acceptors (Lipinski definition) is 4. The molecule has 0 saturated carbocycles. The molecule has 3 rings (SSSR count). The van der Waals surface area contributed by atoms with Crippen LogP contribution in [0, 0.1) is 0 Å². The number of aryl methyl sites for hydroxylation is 1. The van der Waals surface area contributed by atoms with E-state index >= 15 is 0 Å². The molecule has 0 N–H and O–H groups in total. The zero-order valence-electron chi connectivity index (χ0n) is 11.4. The summed E-state index contributed by atoms with van der Waals surface area (Å²) in [6, 6.07) is 10.2. The number of aromatic nitrogens is 2. The van der Waals surface area contributed by atoms with Crippen LogP contribution in [0.25, 0.3) is 22.5 Å². The van der Waals surface area contributed by atoms with Gasteiger partial charge in [0.2, 0.25) is 5.82 Å². The molecule has 106 valence electrons. The summed E-state index contributed by atoms with van der Waals surface area (Å²) < 4.78 is 5.21. The fourth-order valence-corrected chi connectivity index (χ4v) is 2.72. The van der Waals surface area contributed by atoms with E-state index in [0.717, 1.165) is 17.5 Å². The van der Waals surface area contributed by atoms with Gasteiger partial charge in [0.25, 0.3) is 5.89 Å². The third-order valence-electron chi connectivity index (χ3n) is 3.09. The summed E-state index contributed by atoms with van der Waals surface area (Å²) in [5, 5.41) is 8.32. The standard InChI is InChI=1S/C16H13ClN2OS/c1-2-11-3-5-12(6-4-11)9-14(17)16-18-15(19-20-16)13-7-8-21-10-13/h3-10H,2H2,1H3. The smallest absolute Gasteiger partial charge is 0.269 e. The number of halogens is 1. The van der Waals surface area contributed by atoms with E-state index < -0.39 is 0 Å². The summed E-state index contributed by atoms with van der Waals surface area (Å²) >= 11 is 7.85. The average molecular weight is 317 g/mol. The highest BCUT2D eigenvalue weighted by atomic mass is 35.5. The van der Waals surface area contributed by atoms with Crippen LogP contribution in [0.4, 0.5) is 0 Å². The van der Waals surface area contributed by atoms with E-state index in [9.17, 15) is 0 Å². The number of rotatable bonds is 4. The maximum atomic E-state index is 6.26. The third-order valence-corrected chi connectivity index (χ3v) is 4.05. The lowest BCUT2D eigenvalue weighted by Crippen LogP contribution is -1.81. The first-order valence-electron chi connectivity index (χ1n) is 6.59. The Labute approximate surface area is 131 Å². The van der Waals surface area contributed by atoms with Crippen LogP contribution < -0.4 is 0 Å². The first-order chi connectivity index (χ1) is 10.3. The van der Waals surface area contributed by atoms with Gasteiger partial charge in [0, 0.05) is 10.9 Å². The van der Waals surface area contributed by atoms with Crippen LogP contribution >= 0.6 is 22.9 Å². The molecule has 0 atom stereocenters. The minimum Gasteiger partial charge on any atom is -0.333 e. The Hall–Kier alpha value is -1.91. The predicted molar refractivity (Wildman–Crippen MR) is 87.2 cm³/mol. The van der Waals surface area contributed by atoms with Gasteiger partial charge >= 0.3 is 0 Å². The van der Waals surface area contributed by atoms with Crippen LogP contribution in [0.15, 0.2) is 45.6 Å². The van der Waals surface area contributed by atoms with Crippen molar-refractivity contribution in [3.8, 4) is 11.4 Å². The van der Waals surface area contributed by atoms with Crippen molar-refractivity contribution in [2.45, 2.75) is 13.3 Å². The van der Waals surface area contributed by atoms with Gasteiger partial charge in [-0.05, 0) is 35.1 Å². The normalized spacial score (nSPS) is 11.8. The molecule has 0 aliphatic rings. The lowest BCUT2D eigenvalue weighted by Gasteiger charge is -1.97. The second kappa shape index (κ2) is 6.24. The quantitative estimate of drug-likeness (QED) is 0.672. The zero-order valence-corrected chi connectivity index (χ0v) is 13.0. The molecule has 21 heavy (non-hydrogen) atoms. The molecule has 0 bridgehead atoms. The van der Waals surface area contributed by atoms with Crippen molar-refractivity contribution >= 4 is 34.0 Å². The van der Waals surface area contributed by atoms with E-state index in [4.69, 9.17) is 16.1 Å². The second-order valence-corrected chi connectivity index (χ2v) is 5.71. The highest BCUT2D eigenvalue weighted by Gasteiger charge is 2.11. The molecule has 3 nitrogen and oxygen atoms in total. The van der Waals surface area contributed by atoms with Crippen LogP contribution in [0.3, 0.4) is 0 Å². The Morgan fingerprint density at radius 1 is 1.29 bits per heavy atom. The van der Waals surface area contributed by atoms with Gasteiger partial charge in [-0.1, -0.05) is 47.9 Å². The largest absolute Gasteiger partial charge is 0.333 e. The molecule has 0 fully saturated rings. The van der Waals surface area contributed by atoms with Gasteiger partial charge in [-0.15, -0.1) is 0 Å². The van der Waals surface area contributed by atoms with Crippen molar-refractivity contribution in [3.05, 3.63) is 58.1 Å². The predicted octanol–water partition coefficient (Wildman–Crippen LogP) is 5.10. The van der Waals surface area contributed by atoms with Crippen molar-refractivity contribution in [3.63, 3.8) is 0 Å². The molecule has 2 aromatic heterocycles. The van der Waals surface area contributed by atoms with E-state index in [1.807, 2.05) is 35.0 Å². The Morgan fingerprint density at radius 2 is 2.10 bits per heavy atom. The monoisotopic (exact) mass is 316 g/mol.